The Balaban J connectivity index is 1.75. The van der Waals surface area contributed by atoms with E-state index in [4.69, 9.17) is 0 Å². The van der Waals surface area contributed by atoms with Crippen molar-refractivity contribution < 1.29 is 10.2 Å². The molecular formula is C21H34O2. The van der Waals surface area contributed by atoms with Crippen LogP contribution in [0.1, 0.15) is 78.6 Å². The first-order chi connectivity index (χ1) is 10.9. The molecule has 4 aliphatic carbocycles. The van der Waals surface area contributed by atoms with E-state index in [0.29, 0.717) is 17.3 Å². The van der Waals surface area contributed by atoms with Gasteiger partial charge >= 0.3 is 0 Å². The van der Waals surface area contributed by atoms with Gasteiger partial charge in [0.05, 0.1) is 12.2 Å². The minimum atomic E-state index is -0.107. The molecule has 4 rings (SSSR count). The lowest BCUT2D eigenvalue weighted by atomic mass is 9.43. The average Bonchev–Trinajstić information content (AvgIpc) is 2.84. The largest absolute Gasteiger partial charge is 0.393 e. The van der Waals surface area contributed by atoms with E-state index in [0.717, 1.165) is 32.1 Å². The van der Waals surface area contributed by atoms with E-state index in [-0.39, 0.29) is 23.0 Å². The fourth-order valence-corrected chi connectivity index (χ4v) is 7.35. The molecule has 0 aromatic rings. The Morgan fingerprint density at radius 3 is 2.61 bits per heavy atom. The van der Waals surface area contributed by atoms with Crippen molar-refractivity contribution in [3.63, 3.8) is 0 Å². The highest BCUT2D eigenvalue weighted by atomic mass is 16.3. The van der Waals surface area contributed by atoms with Crippen molar-refractivity contribution in [1.29, 1.82) is 0 Å². The van der Waals surface area contributed by atoms with E-state index in [1.54, 1.807) is 5.57 Å². The number of hydrogen-bond donors (Lipinski definition) is 2. The number of allylic oxidation sites excluding steroid dienone is 2. The third-order valence-electron chi connectivity index (χ3n) is 9.03. The summed E-state index contributed by atoms with van der Waals surface area (Å²) in [6, 6.07) is 0. The summed E-state index contributed by atoms with van der Waals surface area (Å²) in [5, 5.41) is 20.9. The zero-order valence-electron chi connectivity index (χ0n) is 15.1. The van der Waals surface area contributed by atoms with Gasteiger partial charge in [-0.25, -0.2) is 0 Å². The molecule has 0 amide bonds. The monoisotopic (exact) mass is 318 g/mol. The molecule has 0 bridgehead atoms. The second-order valence-electron chi connectivity index (χ2n) is 9.58. The Labute approximate surface area is 141 Å². The molecule has 0 aliphatic heterocycles. The van der Waals surface area contributed by atoms with Crippen LogP contribution in [0.25, 0.3) is 0 Å². The molecule has 3 unspecified atom stereocenters. The van der Waals surface area contributed by atoms with Gasteiger partial charge in [0.25, 0.3) is 0 Å². The van der Waals surface area contributed by atoms with Crippen molar-refractivity contribution in [2.24, 2.45) is 28.1 Å². The van der Waals surface area contributed by atoms with Gasteiger partial charge in [-0.2, -0.15) is 0 Å². The fraction of sp³-hybridized carbons (Fsp3) is 0.905. The Hall–Kier alpha value is -0.340. The third kappa shape index (κ3) is 1.94. The van der Waals surface area contributed by atoms with E-state index in [2.05, 4.69) is 26.8 Å². The SMILES string of the molecule is CCC12CC[C@@H]3C(=CC[C@]4(C)C(O)CC[C@@H]34)[C@@]1(C)CCC(O)C2. The van der Waals surface area contributed by atoms with Crippen LogP contribution in [0.15, 0.2) is 11.6 Å². The highest BCUT2D eigenvalue weighted by Gasteiger charge is 2.61. The smallest absolute Gasteiger partial charge is 0.0599 e. The molecule has 4 aliphatic rings. The summed E-state index contributed by atoms with van der Waals surface area (Å²) in [6.07, 6.45) is 12.4. The van der Waals surface area contributed by atoms with Gasteiger partial charge in [0.2, 0.25) is 0 Å². The second kappa shape index (κ2) is 5.08. The average molecular weight is 319 g/mol. The number of aliphatic hydroxyl groups is 2. The summed E-state index contributed by atoms with van der Waals surface area (Å²) in [5.41, 5.74) is 2.41. The molecule has 130 valence electrons. The molecule has 2 nitrogen and oxygen atoms in total. The predicted octanol–water partition coefficient (Wildman–Crippen LogP) is 4.45. The Kier molecular flexibility index (Phi) is 3.57. The van der Waals surface area contributed by atoms with Gasteiger partial charge in [-0.3, -0.25) is 0 Å². The van der Waals surface area contributed by atoms with E-state index in [1.807, 2.05) is 0 Å². The Bertz CT molecular complexity index is 526. The molecule has 3 saturated carbocycles. The maximum atomic E-state index is 10.5. The summed E-state index contributed by atoms with van der Waals surface area (Å²) >= 11 is 0. The summed E-state index contributed by atoms with van der Waals surface area (Å²) in [4.78, 5) is 0. The van der Waals surface area contributed by atoms with Gasteiger partial charge in [-0.05, 0) is 80.5 Å². The number of fused-ring (bicyclic) bond motifs is 5. The Morgan fingerprint density at radius 1 is 1.09 bits per heavy atom. The van der Waals surface area contributed by atoms with Crippen LogP contribution >= 0.6 is 0 Å². The van der Waals surface area contributed by atoms with E-state index < -0.39 is 0 Å². The second-order valence-corrected chi connectivity index (χ2v) is 9.58. The van der Waals surface area contributed by atoms with Crippen molar-refractivity contribution in [2.45, 2.75) is 90.8 Å². The summed E-state index contributed by atoms with van der Waals surface area (Å²) in [6.45, 7) is 7.18. The van der Waals surface area contributed by atoms with Gasteiger partial charge in [-0.1, -0.05) is 32.4 Å². The standard InChI is InChI=1S/C21H34O2/c1-4-21-12-8-15-16-5-6-18(23)19(16,2)10-9-17(15)20(21,3)11-7-14(22)13-21/h9,14-16,18,22-23H,4-8,10-13H2,1-3H3/t14?,15-,16-,18?,19-,20+,21?/m0/s1. The number of hydrogen-bond acceptors (Lipinski definition) is 2. The van der Waals surface area contributed by atoms with Gasteiger partial charge in [0.15, 0.2) is 0 Å². The lowest BCUT2D eigenvalue weighted by molar-refractivity contribution is -0.0872. The highest BCUT2D eigenvalue weighted by Crippen LogP contribution is 2.69. The van der Waals surface area contributed by atoms with Gasteiger partial charge < -0.3 is 10.2 Å². The molecule has 2 heteroatoms. The van der Waals surface area contributed by atoms with Crippen LogP contribution in [0.4, 0.5) is 0 Å². The molecule has 2 N–H and O–H groups in total. The van der Waals surface area contributed by atoms with Crippen LogP contribution < -0.4 is 0 Å². The zero-order chi connectivity index (χ0) is 16.5. The highest BCUT2D eigenvalue weighted by molar-refractivity contribution is 5.31. The molecular weight excluding hydrogens is 284 g/mol. The van der Waals surface area contributed by atoms with Gasteiger partial charge in [0, 0.05) is 5.41 Å². The minimum absolute atomic E-state index is 0.0951. The minimum Gasteiger partial charge on any atom is -0.393 e. The summed E-state index contributed by atoms with van der Waals surface area (Å²) in [5.74, 6) is 1.36. The van der Waals surface area contributed by atoms with Crippen LogP contribution in [-0.4, -0.2) is 22.4 Å². The van der Waals surface area contributed by atoms with E-state index in [1.165, 1.54) is 25.7 Å². The van der Waals surface area contributed by atoms with E-state index >= 15 is 0 Å². The van der Waals surface area contributed by atoms with Crippen LogP contribution in [0.3, 0.4) is 0 Å². The quantitative estimate of drug-likeness (QED) is 0.701. The first-order valence-corrected chi connectivity index (χ1v) is 9.93. The maximum absolute atomic E-state index is 10.5. The first-order valence-electron chi connectivity index (χ1n) is 9.93. The normalized spacial score (nSPS) is 55.6. The van der Waals surface area contributed by atoms with Gasteiger partial charge in [0.1, 0.15) is 0 Å². The zero-order valence-corrected chi connectivity index (χ0v) is 15.1. The molecule has 0 heterocycles. The van der Waals surface area contributed by atoms with Crippen molar-refractivity contribution >= 4 is 0 Å². The molecule has 0 radical (unpaired) electrons. The molecule has 0 saturated heterocycles. The van der Waals surface area contributed by atoms with Crippen molar-refractivity contribution in [1.82, 2.24) is 0 Å². The van der Waals surface area contributed by atoms with Gasteiger partial charge in [-0.15, -0.1) is 0 Å². The van der Waals surface area contributed by atoms with Crippen LogP contribution in [0, 0.1) is 28.1 Å². The molecule has 0 aromatic heterocycles. The lowest BCUT2D eigenvalue weighted by Crippen LogP contribution is -2.54. The number of rotatable bonds is 1. The molecule has 3 fully saturated rings. The first kappa shape index (κ1) is 16.1. The Morgan fingerprint density at radius 2 is 1.87 bits per heavy atom. The lowest BCUT2D eigenvalue weighted by Gasteiger charge is -2.62. The van der Waals surface area contributed by atoms with Crippen LogP contribution in [-0.2, 0) is 0 Å². The molecule has 7 atom stereocenters. The summed E-state index contributed by atoms with van der Waals surface area (Å²) < 4.78 is 0. The molecule has 0 aromatic carbocycles. The third-order valence-corrected chi connectivity index (χ3v) is 9.03. The maximum Gasteiger partial charge on any atom is 0.0599 e. The van der Waals surface area contributed by atoms with Crippen molar-refractivity contribution in [3.8, 4) is 0 Å². The van der Waals surface area contributed by atoms with E-state index in [9.17, 15) is 10.2 Å². The predicted molar refractivity (Wildman–Crippen MR) is 93.0 cm³/mol. The van der Waals surface area contributed by atoms with Crippen LogP contribution in [0.5, 0.6) is 0 Å². The molecule has 23 heavy (non-hydrogen) atoms. The van der Waals surface area contributed by atoms with Crippen molar-refractivity contribution in [3.05, 3.63) is 11.6 Å². The summed E-state index contributed by atoms with van der Waals surface area (Å²) in [7, 11) is 0. The fourth-order valence-electron chi connectivity index (χ4n) is 7.35. The topological polar surface area (TPSA) is 40.5 Å². The van der Waals surface area contributed by atoms with Crippen molar-refractivity contribution in [2.75, 3.05) is 0 Å². The molecule has 0 spiro atoms. The number of aliphatic hydroxyl groups excluding tert-OH is 2. The van der Waals surface area contributed by atoms with Crippen LogP contribution in [0.2, 0.25) is 0 Å².